The van der Waals surface area contributed by atoms with Crippen molar-refractivity contribution in [2.45, 2.75) is 19.4 Å². The third-order valence-electron chi connectivity index (χ3n) is 4.54. The van der Waals surface area contributed by atoms with Crippen molar-refractivity contribution in [3.05, 3.63) is 47.5 Å². The zero-order chi connectivity index (χ0) is 20.1. The molecule has 28 heavy (non-hydrogen) atoms. The summed E-state index contributed by atoms with van der Waals surface area (Å²) in [6.07, 6.45) is 0. The fourth-order valence-corrected chi connectivity index (χ4v) is 3.06. The van der Waals surface area contributed by atoms with Crippen LogP contribution in [0.4, 0.5) is 11.4 Å². The lowest BCUT2D eigenvalue weighted by molar-refractivity contribution is -0.128. The molecule has 7 heteroatoms. The van der Waals surface area contributed by atoms with E-state index in [0.29, 0.717) is 35.4 Å². The molecule has 0 aliphatic carbocycles. The van der Waals surface area contributed by atoms with E-state index < -0.39 is 5.60 Å². The van der Waals surface area contributed by atoms with Crippen LogP contribution >= 0.6 is 11.6 Å². The molecule has 0 atom stereocenters. The number of halogens is 1. The Morgan fingerprint density at radius 1 is 1.11 bits per heavy atom. The van der Waals surface area contributed by atoms with Gasteiger partial charge in [-0.15, -0.1) is 0 Å². The minimum absolute atomic E-state index is 0.259. The third-order valence-corrected chi connectivity index (χ3v) is 4.79. The van der Waals surface area contributed by atoms with Gasteiger partial charge in [0.05, 0.1) is 31.7 Å². The van der Waals surface area contributed by atoms with Crippen LogP contribution in [0.3, 0.4) is 0 Å². The predicted molar refractivity (Wildman–Crippen MR) is 111 cm³/mol. The Morgan fingerprint density at radius 3 is 2.39 bits per heavy atom. The molecule has 3 rings (SSSR count). The van der Waals surface area contributed by atoms with Crippen LogP contribution in [0.15, 0.2) is 42.5 Å². The summed E-state index contributed by atoms with van der Waals surface area (Å²) in [4.78, 5) is 15.2. The van der Waals surface area contributed by atoms with E-state index in [-0.39, 0.29) is 5.91 Å². The number of ether oxygens (including phenoxy) is 3. The first kappa shape index (κ1) is 20.3. The molecule has 0 spiro atoms. The maximum absolute atomic E-state index is 13.0. The Balaban J connectivity index is 1.80. The second-order valence-corrected chi connectivity index (χ2v) is 7.44. The molecule has 0 unspecified atom stereocenters. The SMILES string of the molecule is COc1ccc(N2CCOCC2)c(NC(=O)C(C)(C)Oc2ccc(Cl)cc2)c1. The Hall–Kier alpha value is -2.44. The minimum atomic E-state index is -1.08. The summed E-state index contributed by atoms with van der Waals surface area (Å²) in [5.74, 6) is 0.984. The highest BCUT2D eigenvalue weighted by molar-refractivity contribution is 6.30. The Labute approximate surface area is 170 Å². The van der Waals surface area contributed by atoms with Gasteiger partial charge in [-0.3, -0.25) is 4.79 Å². The number of nitrogens with zero attached hydrogens (tertiary/aromatic N) is 1. The van der Waals surface area contributed by atoms with E-state index in [1.807, 2.05) is 18.2 Å². The lowest BCUT2D eigenvalue weighted by atomic mass is 10.1. The third kappa shape index (κ3) is 4.88. The van der Waals surface area contributed by atoms with E-state index in [0.717, 1.165) is 18.8 Å². The molecule has 1 amide bonds. The van der Waals surface area contributed by atoms with Crippen molar-refractivity contribution in [3.63, 3.8) is 0 Å². The van der Waals surface area contributed by atoms with Gasteiger partial charge >= 0.3 is 0 Å². The van der Waals surface area contributed by atoms with E-state index >= 15 is 0 Å². The molecule has 2 aromatic carbocycles. The van der Waals surface area contributed by atoms with Gasteiger partial charge in [0.1, 0.15) is 11.5 Å². The van der Waals surface area contributed by atoms with Crippen molar-refractivity contribution in [2.24, 2.45) is 0 Å². The smallest absolute Gasteiger partial charge is 0.268 e. The number of hydrogen-bond acceptors (Lipinski definition) is 5. The van der Waals surface area contributed by atoms with Crippen molar-refractivity contribution in [2.75, 3.05) is 43.6 Å². The number of methoxy groups -OCH3 is 1. The van der Waals surface area contributed by atoms with Gasteiger partial charge in [0.15, 0.2) is 5.60 Å². The molecule has 2 aromatic rings. The van der Waals surface area contributed by atoms with Gasteiger partial charge in [0.2, 0.25) is 0 Å². The monoisotopic (exact) mass is 404 g/mol. The molecule has 150 valence electrons. The largest absolute Gasteiger partial charge is 0.497 e. The zero-order valence-electron chi connectivity index (χ0n) is 16.3. The molecule has 1 aliphatic heterocycles. The lowest BCUT2D eigenvalue weighted by Crippen LogP contribution is -2.43. The van der Waals surface area contributed by atoms with Crippen LogP contribution in [-0.2, 0) is 9.53 Å². The van der Waals surface area contributed by atoms with E-state index in [2.05, 4.69) is 10.2 Å². The molecular weight excluding hydrogens is 380 g/mol. The van der Waals surface area contributed by atoms with Crippen LogP contribution in [-0.4, -0.2) is 44.9 Å². The second kappa shape index (κ2) is 8.71. The number of rotatable bonds is 6. The van der Waals surface area contributed by atoms with Crippen molar-refractivity contribution in [3.8, 4) is 11.5 Å². The Morgan fingerprint density at radius 2 is 1.75 bits per heavy atom. The number of amides is 1. The standard InChI is InChI=1S/C21H25ClN2O4/c1-21(2,28-16-6-4-15(22)5-7-16)20(25)23-18-14-17(26-3)8-9-19(18)24-10-12-27-13-11-24/h4-9,14H,10-13H2,1-3H3,(H,23,25). The van der Waals surface area contributed by atoms with E-state index in [4.69, 9.17) is 25.8 Å². The van der Waals surface area contributed by atoms with E-state index in [1.54, 1.807) is 45.2 Å². The van der Waals surface area contributed by atoms with Gasteiger partial charge in [-0.05, 0) is 50.2 Å². The average Bonchev–Trinajstić information content (AvgIpc) is 2.70. The summed E-state index contributed by atoms with van der Waals surface area (Å²) in [6.45, 7) is 6.30. The summed E-state index contributed by atoms with van der Waals surface area (Å²) in [5, 5.41) is 3.61. The number of benzene rings is 2. The molecular formula is C21H25ClN2O4. The molecule has 1 fully saturated rings. The van der Waals surface area contributed by atoms with Crippen LogP contribution in [0.2, 0.25) is 5.02 Å². The normalized spacial score (nSPS) is 14.5. The van der Waals surface area contributed by atoms with Crippen LogP contribution < -0.4 is 19.7 Å². The summed E-state index contributed by atoms with van der Waals surface area (Å²) in [6, 6.07) is 12.6. The van der Waals surface area contributed by atoms with Crippen LogP contribution in [0, 0.1) is 0 Å². The zero-order valence-corrected chi connectivity index (χ0v) is 17.1. The fraction of sp³-hybridized carbons (Fsp3) is 0.381. The highest BCUT2D eigenvalue weighted by atomic mass is 35.5. The maximum Gasteiger partial charge on any atom is 0.268 e. The van der Waals surface area contributed by atoms with Gasteiger partial charge in [0.25, 0.3) is 5.91 Å². The molecule has 0 saturated carbocycles. The number of anilines is 2. The molecule has 1 N–H and O–H groups in total. The van der Waals surface area contributed by atoms with Gasteiger partial charge in [-0.2, -0.15) is 0 Å². The van der Waals surface area contributed by atoms with Gasteiger partial charge in [-0.25, -0.2) is 0 Å². The summed E-state index contributed by atoms with van der Waals surface area (Å²) in [7, 11) is 1.60. The summed E-state index contributed by atoms with van der Waals surface area (Å²) >= 11 is 5.91. The molecule has 6 nitrogen and oxygen atoms in total. The first-order valence-corrected chi connectivity index (χ1v) is 9.53. The first-order chi connectivity index (χ1) is 13.4. The number of hydrogen-bond donors (Lipinski definition) is 1. The van der Waals surface area contributed by atoms with Crippen molar-refractivity contribution in [1.82, 2.24) is 0 Å². The second-order valence-electron chi connectivity index (χ2n) is 7.00. The van der Waals surface area contributed by atoms with Crippen molar-refractivity contribution >= 4 is 28.9 Å². The molecule has 1 heterocycles. The quantitative estimate of drug-likeness (QED) is 0.789. The fourth-order valence-electron chi connectivity index (χ4n) is 2.94. The number of nitrogens with one attached hydrogen (secondary N) is 1. The van der Waals surface area contributed by atoms with Crippen LogP contribution in [0.25, 0.3) is 0 Å². The number of carbonyl (C=O) groups is 1. The number of carbonyl (C=O) groups excluding carboxylic acids is 1. The Bertz CT molecular complexity index is 818. The molecule has 0 radical (unpaired) electrons. The molecule has 1 aliphatic rings. The van der Waals surface area contributed by atoms with Gasteiger partial charge in [-0.1, -0.05) is 11.6 Å². The van der Waals surface area contributed by atoms with E-state index in [1.165, 1.54) is 0 Å². The maximum atomic E-state index is 13.0. The topological polar surface area (TPSA) is 60.0 Å². The molecule has 1 saturated heterocycles. The minimum Gasteiger partial charge on any atom is -0.497 e. The first-order valence-electron chi connectivity index (χ1n) is 9.16. The highest BCUT2D eigenvalue weighted by Gasteiger charge is 2.31. The van der Waals surface area contributed by atoms with E-state index in [9.17, 15) is 4.79 Å². The summed E-state index contributed by atoms with van der Waals surface area (Å²) < 4.78 is 16.7. The number of morpholine rings is 1. The van der Waals surface area contributed by atoms with Crippen molar-refractivity contribution in [1.29, 1.82) is 0 Å². The van der Waals surface area contributed by atoms with Gasteiger partial charge < -0.3 is 24.4 Å². The predicted octanol–water partition coefficient (Wildman–Crippen LogP) is 3.98. The lowest BCUT2D eigenvalue weighted by Gasteiger charge is -2.32. The van der Waals surface area contributed by atoms with Crippen LogP contribution in [0.1, 0.15) is 13.8 Å². The molecule has 0 aromatic heterocycles. The Kier molecular flexibility index (Phi) is 6.31. The average molecular weight is 405 g/mol. The van der Waals surface area contributed by atoms with Crippen LogP contribution in [0.5, 0.6) is 11.5 Å². The highest BCUT2D eigenvalue weighted by Crippen LogP contribution is 2.32. The molecule has 0 bridgehead atoms. The van der Waals surface area contributed by atoms with Crippen molar-refractivity contribution < 1.29 is 19.0 Å². The summed E-state index contributed by atoms with van der Waals surface area (Å²) in [5.41, 5.74) is 0.526. The van der Waals surface area contributed by atoms with Gasteiger partial charge in [0, 0.05) is 24.2 Å².